The van der Waals surface area contributed by atoms with Gasteiger partial charge in [0.25, 0.3) is 11.8 Å². The molecule has 4 N–H and O–H groups in total. The first-order valence-corrected chi connectivity index (χ1v) is 14.4. The molecule has 222 valence electrons. The van der Waals surface area contributed by atoms with Crippen LogP contribution in [0.1, 0.15) is 40.9 Å². The van der Waals surface area contributed by atoms with Crippen molar-refractivity contribution >= 4 is 29.5 Å². The molecular formula is C31H33F2N3O5S. The Balaban J connectivity index is 1.57. The number of aliphatic hydroxyl groups is 1. The molecule has 0 spiro atoms. The van der Waals surface area contributed by atoms with Crippen molar-refractivity contribution in [2.75, 3.05) is 5.88 Å². The number of benzene rings is 3. The van der Waals surface area contributed by atoms with Gasteiger partial charge in [-0.3, -0.25) is 14.4 Å². The largest absolute Gasteiger partial charge is 0.508 e. The molecule has 42 heavy (non-hydrogen) atoms. The molecule has 0 saturated carbocycles. The van der Waals surface area contributed by atoms with Crippen LogP contribution in [0.25, 0.3) is 0 Å². The summed E-state index contributed by atoms with van der Waals surface area (Å²) in [5, 5.41) is 26.7. The number of hydrogen-bond acceptors (Lipinski definition) is 6. The predicted octanol–water partition coefficient (Wildman–Crippen LogP) is 3.68. The van der Waals surface area contributed by atoms with Crippen LogP contribution in [0.15, 0.2) is 66.7 Å². The number of aliphatic hydroxyl groups excluding tert-OH is 1. The number of halogens is 2. The van der Waals surface area contributed by atoms with Gasteiger partial charge >= 0.3 is 0 Å². The number of amides is 3. The van der Waals surface area contributed by atoms with Gasteiger partial charge in [0.05, 0.1) is 11.9 Å². The molecule has 1 aliphatic rings. The number of carbonyl (C=O) groups is 3. The highest BCUT2D eigenvalue weighted by Gasteiger charge is 2.49. The van der Waals surface area contributed by atoms with Crippen molar-refractivity contribution < 1.29 is 33.4 Å². The zero-order valence-electron chi connectivity index (χ0n) is 23.4. The summed E-state index contributed by atoms with van der Waals surface area (Å²) in [6.45, 7) is 4.69. The summed E-state index contributed by atoms with van der Waals surface area (Å²) in [6.07, 6.45) is -1.63. The van der Waals surface area contributed by atoms with Crippen LogP contribution in [0.4, 0.5) is 8.78 Å². The van der Waals surface area contributed by atoms with Gasteiger partial charge in [0.1, 0.15) is 23.4 Å². The van der Waals surface area contributed by atoms with Crippen molar-refractivity contribution in [3.8, 4) is 5.75 Å². The van der Waals surface area contributed by atoms with Crippen LogP contribution in [0.5, 0.6) is 5.75 Å². The summed E-state index contributed by atoms with van der Waals surface area (Å²) >= 11 is 1.32. The third-order valence-electron chi connectivity index (χ3n) is 7.38. The fourth-order valence-electron chi connectivity index (χ4n) is 4.95. The number of phenols is 1. The van der Waals surface area contributed by atoms with E-state index in [1.54, 1.807) is 45.0 Å². The molecule has 4 rings (SSSR count). The smallest absolute Gasteiger partial charge is 0.254 e. The maximum absolute atomic E-state index is 14.1. The number of aromatic hydroxyl groups is 1. The van der Waals surface area contributed by atoms with Gasteiger partial charge in [-0.25, -0.2) is 8.78 Å². The van der Waals surface area contributed by atoms with Gasteiger partial charge in [0.2, 0.25) is 5.91 Å². The lowest BCUT2D eigenvalue weighted by Gasteiger charge is -2.33. The Kier molecular flexibility index (Phi) is 9.53. The van der Waals surface area contributed by atoms with Crippen LogP contribution in [0, 0.1) is 18.6 Å². The van der Waals surface area contributed by atoms with Gasteiger partial charge in [-0.1, -0.05) is 42.5 Å². The number of phenolic OH excluding ortho intramolecular Hbond substituents is 1. The maximum atomic E-state index is 14.1. The summed E-state index contributed by atoms with van der Waals surface area (Å²) < 4.78 is 27.5. The van der Waals surface area contributed by atoms with Crippen LogP contribution in [0.3, 0.4) is 0 Å². The monoisotopic (exact) mass is 597 g/mol. The second kappa shape index (κ2) is 12.9. The van der Waals surface area contributed by atoms with E-state index in [2.05, 4.69) is 10.6 Å². The first kappa shape index (κ1) is 31.0. The lowest BCUT2D eigenvalue weighted by molar-refractivity contribution is -0.147. The average Bonchev–Trinajstić information content (AvgIpc) is 3.28. The van der Waals surface area contributed by atoms with E-state index < -0.39 is 58.8 Å². The second-order valence-corrected chi connectivity index (χ2v) is 12.3. The number of nitrogens with zero attached hydrogens (tertiary/aromatic N) is 1. The number of rotatable bonds is 9. The van der Waals surface area contributed by atoms with Crippen molar-refractivity contribution in [3.05, 3.63) is 101 Å². The van der Waals surface area contributed by atoms with Gasteiger partial charge in [-0.15, -0.1) is 11.8 Å². The maximum Gasteiger partial charge on any atom is 0.254 e. The molecule has 1 heterocycles. The predicted molar refractivity (Wildman–Crippen MR) is 156 cm³/mol. The summed E-state index contributed by atoms with van der Waals surface area (Å²) in [5.74, 6) is -3.60. The fraction of sp³-hybridized carbons (Fsp3) is 0.323. The van der Waals surface area contributed by atoms with Crippen molar-refractivity contribution in [2.45, 2.75) is 56.7 Å². The normalized spacial score (nSPS) is 17.4. The first-order chi connectivity index (χ1) is 19.9. The third-order valence-corrected chi connectivity index (χ3v) is 8.75. The van der Waals surface area contributed by atoms with Crippen LogP contribution in [-0.4, -0.2) is 61.6 Å². The molecule has 0 aromatic heterocycles. The molecule has 1 aliphatic heterocycles. The lowest BCUT2D eigenvalue weighted by atomic mass is 9.96. The minimum Gasteiger partial charge on any atom is -0.508 e. The Morgan fingerprint density at radius 3 is 2.33 bits per heavy atom. The van der Waals surface area contributed by atoms with E-state index in [0.29, 0.717) is 5.56 Å². The molecule has 0 radical (unpaired) electrons. The Bertz CT molecular complexity index is 1450. The fourth-order valence-corrected chi connectivity index (χ4v) is 6.09. The van der Waals surface area contributed by atoms with Gasteiger partial charge < -0.3 is 25.7 Å². The number of thioether (sulfide) groups is 1. The van der Waals surface area contributed by atoms with Crippen molar-refractivity contribution in [2.24, 2.45) is 0 Å². The molecule has 0 aliphatic carbocycles. The van der Waals surface area contributed by atoms with E-state index in [0.717, 1.165) is 17.7 Å². The zero-order chi connectivity index (χ0) is 30.6. The van der Waals surface area contributed by atoms with Gasteiger partial charge in [0, 0.05) is 28.0 Å². The SMILES string of the molecule is Cc1c(O)cccc1C(=O)N[C@@H](Cc1ccccc1)[C@H](O)C(=O)N1CSC(C)(C)[C@H]1C(=O)NCc1c(F)cccc1F. The summed E-state index contributed by atoms with van der Waals surface area (Å²) in [7, 11) is 0. The quantitative estimate of drug-likeness (QED) is 0.299. The van der Waals surface area contributed by atoms with E-state index in [4.69, 9.17) is 0 Å². The first-order valence-electron chi connectivity index (χ1n) is 13.4. The number of hydrogen-bond donors (Lipinski definition) is 4. The van der Waals surface area contributed by atoms with Crippen LogP contribution in [-0.2, 0) is 22.6 Å². The lowest BCUT2D eigenvalue weighted by Crippen LogP contribution is -2.58. The van der Waals surface area contributed by atoms with Gasteiger partial charge in [-0.05, 0) is 57.0 Å². The standard InChI is InChI=1S/C31H33F2N3O5S/c1-18-20(11-7-14-25(18)37)28(39)35-24(15-19-9-5-4-6-10-19)26(38)30(41)36-17-42-31(2,3)27(36)29(40)34-16-21-22(32)12-8-13-23(21)33/h4-14,24,26-27,37-38H,15-17H2,1-3H3,(H,34,40)(H,35,39)/t24-,26-,27+/m0/s1. The molecule has 11 heteroatoms. The van der Waals surface area contributed by atoms with Crippen LogP contribution >= 0.6 is 11.8 Å². The Labute approximate surface area is 247 Å². The van der Waals surface area contributed by atoms with Crippen molar-refractivity contribution in [3.63, 3.8) is 0 Å². The number of carbonyl (C=O) groups excluding carboxylic acids is 3. The van der Waals surface area contributed by atoms with Crippen molar-refractivity contribution in [1.82, 2.24) is 15.5 Å². The summed E-state index contributed by atoms with van der Waals surface area (Å²) in [4.78, 5) is 41.6. The Morgan fingerprint density at radius 1 is 1.02 bits per heavy atom. The highest BCUT2D eigenvalue weighted by Crippen LogP contribution is 2.40. The van der Waals surface area contributed by atoms with Gasteiger partial charge in [0.15, 0.2) is 6.10 Å². The molecule has 3 aromatic carbocycles. The summed E-state index contributed by atoms with van der Waals surface area (Å²) in [5.41, 5.74) is 0.970. The molecule has 3 aromatic rings. The molecular weight excluding hydrogens is 564 g/mol. The van der Waals surface area contributed by atoms with E-state index in [1.807, 2.05) is 6.07 Å². The number of nitrogens with one attached hydrogen (secondary N) is 2. The minimum absolute atomic E-state index is 0.0701. The van der Waals surface area contributed by atoms with Crippen LogP contribution in [0.2, 0.25) is 0 Å². The molecule has 1 fully saturated rings. The molecule has 8 nitrogen and oxygen atoms in total. The highest BCUT2D eigenvalue weighted by molar-refractivity contribution is 8.00. The van der Waals surface area contributed by atoms with Crippen molar-refractivity contribution in [1.29, 1.82) is 0 Å². The van der Waals surface area contributed by atoms with Crippen LogP contribution < -0.4 is 10.6 Å². The molecule has 1 saturated heterocycles. The zero-order valence-corrected chi connectivity index (χ0v) is 24.3. The van der Waals surface area contributed by atoms with E-state index in [-0.39, 0.29) is 29.2 Å². The van der Waals surface area contributed by atoms with Gasteiger partial charge in [-0.2, -0.15) is 0 Å². The highest BCUT2D eigenvalue weighted by atomic mass is 32.2. The van der Waals surface area contributed by atoms with E-state index in [1.165, 1.54) is 40.9 Å². The Morgan fingerprint density at radius 2 is 1.67 bits per heavy atom. The molecule has 0 unspecified atom stereocenters. The Hall–Kier alpha value is -3.96. The van der Waals surface area contributed by atoms with E-state index in [9.17, 15) is 33.4 Å². The second-order valence-electron chi connectivity index (χ2n) is 10.7. The molecule has 0 bridgehead atoms. The molecule has 3 amide bonds. The topological polar surface area (TPSA) is 119 Å². The summed E-state index contributed by atoms with van der Waals surface area (Å²) in [6, 6.07) is 14.7. The molecule has 3 atom stereocenters. The van der Waals surface area contributed by atoms with E-state index >= 15 is 0 Å². The third kappa shape index (κ3) is 6.74. The minimum atomic E-state index is -1.74. The average molecular weight is 598 g/mol.